The molecular weight excluding hydrogens is 506 g/mol. The van der Waals surface area contributed by atoms with Gasteiger partial charge in [-0.15, -0.1) is 0 Å². The molecule has 11 nitrogen and oxygen atoms in total. The van der Waals surface area contributed by atoms with Gasteiger partial charge in [-0.2, -0.15) is 9.47 Å². The van der Waals surface area contributed by atoms with Crippen molar-refractivity contribution in [3.05, 3.63) is 57.4 Å². The minimum atomic E-state index is -1.31. The highest BCUT2D eigenvalue weighted by Gasteiger charge is 2.35. The van der Waals surface area contributed by atoms with Crippen LogP contribution < -0.4 is 10.3 Å². The van der Waals surface area contributed by atoms with Gasteiger partial charge >= 0.3 is 5.97 Å². The molecule has 12 heteroatoms. The predicted molar refractivity (Wildman–Crippen MR) is 141 cm³/mol. The van der Waals surface area contributed by atoms with E-state index in [1.54, 1.807) is 13.0 Å². The molecule has 0 unspecified atom stereocenters. The van der Waals surface area contributed by atoms with Crippen LogP contribution in [0.25, 0.3) is 16.2 Å². The van der Waals surface area contributed by atoms with Crippen molar-refractivity contribution >= 4 is 40.1 Å². The van der Waals surface area contributed by atoms with E-state index in [1.165, 1.54) is 35.6 Å². The van der Waals surface area contributed by atoms with Gasteiger partial charge in [0.05, 0.1) is 23.4 Å². The highest BCUT2D eigenvalue weighted by Crippen LogP contribution is 2.40. The lowest BCUT2D eigenvalue weighted by Crippen LogP contribution is -2.51. The third-order valence-corrected chi connectivity index (χ3v) is 7.90. The molecule has 1 saturated carbocycles. The number of Topliss-reactive ketones (excluding diaryl/α,β-unsaturated/α-hetero) is 1. The van der Waals surface area contributed by atoms with E-state index in [2.05, 4.69) is 27.0 Å². The smallest absolute Gasteiger partial charge is 0.341 e. The molecule has 1 aliphatic carbocycles. The minimum absolute atomic E-state index is 0.117. The molecule has 2 aliphatic rings. The van der Waals surface area contributed by atoms with Gasteiger partial charge in [0.1, 0.15) is 23.5 Å². The summed E-state index contributed by atoms with van der Waals surface area (Å²) in [5.41, 5.74) is 2.09. The molecule has 0 bridgehead atoms. The number of pyridine rings is 2. The SMILES string of the molecule is CCCn1nc(CC(=O)C2CN(c3cc(C)c4c(=O)c(C(=O)O)cn(-c5ncns5)c4n3)C2)cc1C1CC1. The fraction of sp³-hybridized carbons (Fsp3) is 0.423. The van der Waals surface area contributed by atoms with E-state index in [1.807, 2.05) is 4.90 Å². The van der Waals surface area contributed by atoms with Crippen LogP contribution in [0.1, 0.15) is 59.4 Å². The van der Waals surface area contributed by atoms with Gasteiger partial charge in [-0.3, -0.25) is 18.8 Å². The van der Waals surface area contributed by atoms with Crippen molar-refractivity contribution in [2.45, 2.75) is 52.0 Å². The zero-order valence-corrected chi connectivity index (χ0v) is 21.9. The number of hydrogen-bond donors (Lipinski definition) is 1. The van der Waals surface area contributed by atoms with Crippen molar-refractivity contribution in [2.24, 2.45) is 5.92 Å². The summed E-state index contributed by atoms with van der Waals surface area (Å²) in [6.07, 6.45) is 6.35. The van der Waals surface area contributed by atoms with E-state index >= 15 is 0 Å². The van der Waals surface area contributed by atoms with Gasteiger partial charge in [-0.1, -0.05) is 6.92 Å². The van der Waals surface area contributed by atoms with E-state index < -0.39 is 11.4 Å². The van der Waals surface area contributed by atoms with Crippen LogP contribution in [0.15, 0.2) is 29.5 Å². The number of anilines is 1. The summed E-state index contributed by atoms with van der Waals surface area (Å²) in [5.74, 6) is -0.0506. The highest BCUT2D eigenvalue weighted by atomic mass is 32.1. The fourth-order valence-electron chi connectivity index (χ4n) is 5.07. The summed E-state index contributed by atoms with van der Waals surface area (Å²) >= 11 is 1.07. The first-order valence-corrected chi connectivity index (χ1v) is 13.5. The number of aromatic nitrogens is 6. The summed E-state index contributed by atoms with van der Waals surface area (Å²) in [6.45, 7) is 5.82. The quantitative estimate of drug-likeness (QED) is 0.344. The molecule has 0 spiro atoms. The maximum absolute atomic E-state index is 13.1. The molecule has 0 aromatic carbocycles. The van der Waals surface area contributed by atoms with Crippen LogP contribution in [-0.4, -0.2) is 58.6 Å². The van der Waals surface area contributed by atoms with Gasteiger partial charge in [0.15, 0.2) is 5.65 Å². The normalized spacial score (nSPS) is 15.7. The molecule has 38 heavy (non-hydrogen) atoms. The first-order chi connectivity index (χ1) is 18.3. The molecule has 0 radical (unpaired) electrons. The Kier molecular flexibility index (Phi) is 6.05. The Morgan fingerprint density at radius 1 is 1.21 bits per heavy atom. The molecular formula is C26H27N7O4S. The van der Waals surface area contributed by atoms with Gasteiger partial charge in [0, 0.05) is 49.0 Å². The molecule has 2 fully saturated rings. The lowest BCUT2D eigenvalue weighted by Gasteiger charge is -2.39. The average molecular weight is 534 g/mol. The maximum atomic E-state index is 13.1. The molecule has 6 rings (SSSR count). The van der Waals surface area contributed by atoms with Crippen LogP contribution in [0.4, 0.5) is 5.82 Å². The molecule has 4 aromatic heterocycles. The van der Waals surface area contributed by atoms with Gasteiger partial charge in [0.25, 0.3) is 0 Å². The second kappa shape index (κ2) is 9.43. The molecule has 0 amide bonds. The number of nitrogens with zero attached hydrogens (tertiary/aromatic N) is 7. The number of carbonyl (C=O) groups excluding carboxylic acids is 1. The van der Waals surface area contributed by atoms with Gasteiger partial charge < -0.3 is 10.0 Å². The van der Waals surface area contributed by atoms with Crippen molar-refractivity contribution in [3.63, 3.8) is 0 Å². The first-order valence-electron chi connectivity index (χ1n) is 12.8. The predicted octanol–water partition coefficient (Wildman–Crippen LogP) is 2.98. The largest absolute Gasteiger partial charge is 0.477 e. The molecule has 0 atom stereocenters. The van der Waals surface area contributed by atoms with Crippen LogP contribution in [0, 0.1) is 12.8 Å². The Hall–Kier alpha value is -3.93. The number of carboxylic acids is 1. The molecule has 4 aromatic rings. The first kappa shape index (κ1) is 24.4. The van der Waals surface area contributed by atoms with Crippen LogP contribution in [0.2, 0.25) is 0 Å². The van der Waals surface area contributed by atoms with Crippen molar-refractivity contribution in [2.75, 3.05) is 18.0 Å². The zero-order chi connectivity index (χ0) is 26.6. The Balaban J connectivity index is 1.24. The second-order valence-electron chi connectivity index (χ2n) is 10.1. The van der Waals surface area contributed by atoms with Crippen LogP contribution in [0.3, 0.4) is 0 Å². The lowest BCUT2D eigenvalue weighted by molar-refractivity contribution is -0.123. The molecule has 1 saturated heterocycles. The summed E-state index contributed by atoms with van der Waals surface area (Å²) in [6, 6.07) is 3.88. The molecule has 196 valence electrons. The van der Waals surface area contributed by atoms with E-state index in [0.29, 0.717) is 47.6 Å². The second-order valence-corrected chi connectivity index (χ2v) is 10.8. The maximum Gasteiger partial charge on any atom is 0.341 e. The number of carbonyl (C=O) groups is 2. The van der Waals surface area contributed by atoms with E-state index in [9.17, 15) is 19.5 Å². The molecule has 5 heterocycles. The average Bonchev–Trinajstić information content (AvgIpc) is 3.38. The Morgan fingerprint density at radius 2 is 2.00 bits per heavy atom. The van der Waals surface area contributed by atoms with Crippen LogP contribution >= 0.6 is 11.5 Å². The number of carboxylic acid groups (broad SMARTS) is 1. The van der Waals surface area contributed by atoms with Gasteiger partial charge in [0.2, 0.25) is 10.6 Å². The van der Waals surface area contributed by atoms with Crippen molar-refractivity contribution in [1.29, 1.82) is 0 Å². The number of rotatable bonds is 9. The van der Waals surface area contributed by atoms with E-state index in [-0.39, 0.29) is 22.7 Å². The summed E-state index contributed by atoms with van der Waals surface area (Å²) in [7, 11) is 0. The van der Waals surface area contributed by atoms with Gasteiger partial charge in [-0.25, -0.2) is 14.8 Å². The van der Waals surface area contributed by atoms with Crippen molar-refractivity contribution in [3.8, 4) is 5.13 Å². The van der Waals surface area contributed by atoms with Crippen molar-refractivity contribution in [1.82, 2.24) is 28.7 Å². The number of aryl methyl sites for hydroxylation is 2. The van der Waals surface area contributed by atoms with E-state index in [0.717, 1.165) is 30.2 Å². The number of hydrogen-bond acceptors (Lipinski definition) is 9. The Morgan fingerprint density at radius 3 is 2.66 bits per heavy atom. The number of fused-ring (bicyclic) bond motifs is 1. The zero-order valence-electron chi connectivity index (χ0n) is 21.1. The van der Waals surface area contributed by atoms with Crippen molar-refractivity contribution < 1.29 is 14.7 Å². The number of aromatic carboxylic acids is 1. The standard InChI is InChI=1S/C26H27N7O4S/c1-3-6-33-19(15-4-5-15)8-17(30-33)9-20(34)16-10-31(11-16)21-7-14(2)22-23(35)18(25(36)37)12-32(24(22)29-21)26-27-13-28-38-26/h7-8,12-13,15-16H,3-6,9-11H2,1-2H3,(H,36,37). The van der Waals surface area contributed by atoms with Gasteiger partial charge in [-0.05, 0) is 43.9 Å². The van der Waals surface area contributed by atoms with Crippen LogP contribution in [0.5, 0.6) is 0 Å². The topological polar surface area (TPSA) is 136 Å². The number of ketones is 1. The third-order valence-electron chi connectivity index (χ3n) is 7.24. The fourth-order valence-corrected chi connectivity index (χ4v) is 5.58. The Labute approximate surface area is 221 Å². The third kappa shape index (κ3) is 4.28. The highest BCUT2D eigenvalue weighted by molar-refractivity contribution is 7.08. The summed E-state index contributed by atoms with van der Waals surface area (Å²) in [5, 5.41) is 14.9. The van der Waals surface area contributed by atoms with Crippen LogP contribution in [-0.2, 0) is 17.8 Å². The summed E-state index contributed by atoms with van der Waals surface area (Å²) in [4.78, 5) is 48.7. The summed E-state index contributed by atoms with van der Waals surface area (Å²) < 4.78 is 7.58. The molecule has 1 aliphatic heterocycles. The molecule has 1 N–H and O–H groups in total. The van der Waals surface area contributed by atoms with E-state index in [4.69, 9.17) is 10.1 Å². The lowest BCUT2D eigenvalue weighted by atomic mass is 9.92. The Bertz CT molecular complexity index is 1610. The minimum Gasteiger partial charge on any atom is -0.477 e. The monoisotopic (exact) mass is 533 g/mol.